The lowest BCUT2D eigenvalue weighted by atomic mass is 10.1. The molecule has 0 saturated carbocycles. The van der Waals surface area contributed by atoms with Gasteiger partial charge < -0.3 is 15.4 Å². The molecule has 2 amide bonds. The highest BCUT2D eigenvalue weighted by Gasteiger charge is 2.21. The Balaban J connectivity index is 1.68. The van der Waals surface area contributed by atoms with Gasteiger partial charge in [-0.05, 0) is 30.0 Å². The van der Waals surface area contributed by atoms with Gasteiger partial charge in [-0.15, -0.1) is 11.3 Å². The molecule has 0 fully saturated rings. The number of hydrogen-bond donors (Lipinski definition) is 2. The van der Waals surface area contributed by atoms with Crippen LogP contribution in [-0.2, 0) is 11.2 Å². The smallest absolute Gasteiger partial charge is 0.262 e. The molecular formula is C15H14N2O3S. The van der Waals surface area contributed by atoms with Crippen LogP contribution in [0.3, 0.4) is 0 Å². The second kappa shape index (κ2) is 5.97. The minimum atomic E-state index is -0.249. The van der Waals surface area contributed by atoms with Crippen molar-refractivity contribution in [3.05, 3.63) is 46.2 Å². The van der Waals surface area contributed by atoms with E-state index in [0.717, 1.165) is 6.42 Å². The molecule has 1 aliphatic rings. The molecule has 108 valence electrons. The number of fused-ring (bicyclic) bond motifs is 1. The van der Waals surface area contributed by atoms with Crippen LogP contribution in [0.15, 0.2) is 35.7 Å². The molecule has 0 bridgehead atoms. The number of carbonyl (C=O) groups is 2. The van der Waals surface area contributed by atoms with E-state index in [0.29, 0.717) is 23.5 Å². The minimum absolute atomic E-state index is 0.0174. The molecular weight excluding hydrogens is 288 g/mol. The summed E-state index contributed by atoms with van der Waals surface area (Å²) >= 11 is 1.67. The lowest BCUT2D eigenvalue weighted by Gasteiger charge is -2.20. The average Bonchev–Trinajstić information content (AvgIpc) is 2.99. The Morgan fingerprint density at radius 1 is 1.33 bits per heavy atom. The third kappa shape index (κ3) is 3.05. The van der Waals surface area contributed by atoms with E-state index >= 15 is 0 Å². The first-order chi connectivity index (χ1) is 10.2. The molecule has 2 aromatic rings. The van der Waals surface area contributed by atoms with E-state index in [2.05, 4.69) is 10.6 Å². The predicted octanol–water partition coefficient (Wildman–Crippen LogP) is 2.05. The summed E-state index contributed by atoms with van der Waals surface area (Å²) in [5.41, 5.74) is 0.870. The monoisotopic (exact) mass is 302 g/mol. The van der Waals surface area contributed by atoms with Crippen LogP contribution in [0.4, 0.5) is 5.69 Å². The van der Waals surface area contributed by atoms with Crippen LogP contribution in [0.2, 0.25) is 0 Å². The van der Waals surface area contributed by atoms with Crippen molar-refractivity contribution in [1.29, 1.82) is 0 Å². The molecule has 2 heterocycles. The zero-order valence-corrected chi connectivity index (χ0v) is 12.0. The molecule has 0 unspecified atom stereocenters. The number of amides is 2. The fraction of sp³-hybridized carbons (Fsp3) is 0.200. The van der Waals surface area contributed by atoms with Crippen LogP contribution < -0.4 is 15.4 Å². The first kappa shape index (κ1) is 13.6. The number of nitrogens with one attached hydrogen (secondary N) is 2. The number of carbonyl (C=O) groups excluding carboxylic acids is 2. The van der Waals surface area contributed by atoms with Crippen LogP contribution in [0.25, 0.3) is 0 Å². The van der Waals surface area contributed by atoms with E-state index in [9.17, 15) is 9.59 Å². The maximum atomic E-state index is 12.2. The maximum absolute atomic E-state index is 12.2. The van der Waals surface area contributed by atoms with E-state index in [-0.39, 0.29) is 18.4 Å². The normalized spacial score (nSPS) is 13.0. The Morgan fingerprint density at radius 3 is 3.05 bits per heavy atom. The molecule has 0 spiro atoms. The summed E-state index contributed by atoms with van der Waals surface area (Å²) in [6.45, 7) is 0.536. The molecule has 6 heteroatoms. The fourth-order valence-corrected chi connectivity index (χ4v) is 2.85. The van der Waals surface area contributed by atoms with Gasteiger partial charge in [0.25, 0.3) is 11.8 Å². The van der Waals surface area contributed by atoms with Crippen LogP contribution in [0.5, 0.6) is 5.75 Å². The second-order valence-corrected chi connectivity index (χ2v) is 5.63. The van der Waals surface area contributed by atoms with Crippen molar-refractivity contribution in [1.82, 2.24) is 5.32 Å². The second-order valence-electron chi connectivity index (χ2n) is 4.60. The number of ether oxygens (including phenoxy) is 1. The summed E-state index contributed by atoms with van der Waals surface area (Å²) in [7, 11) is 0. The molecule has 3 rings (SSSR count). The molecule has 2 N–H and O–H groups in total. The van der Waals surface area contributed by atoms with Gasteiger partial charge in [-0.25, -0.2) is 0 Å². The van der Waals surface area contributed by atoms with E-state index in [1.54, 1.807) is 29.5 Å². The third-order valence-electron chi connectivity index (χ3n) is 3.13. The van der Waals surface area contributed by atoms with Crippen LogP contribution in [0.1, 0.15) is 15.2 Å². The topological polar surface area (TPSA) is 67.4 Å². The molecule has 1 aromatic heterocycles. The van der Waals surface area contributed by atoms with Crippen LogP contribution >= 0.6 is 11.3 Å². The molecule has 0 aliphatic carbocycles. The van der Waals surface area contributed by atoms with Crippen molar-refractivity contribution in [3.8, 4) is 5.75 Å². The van der Waals surface area contributed by atoms with Gasteiger partial charge in [0, 0.05) is 11.4 Å². The Labute approximate surface area is 125 Å². The highest BCUT2D eigenvalue weighted by Crippen LogP contribution is 2.30. The van der Waals surface area contributed by atoms with E-state index in [4.69, 9.17) is 4.74 Å². The number of rotatable bonds is 4. The molecule has 0 radical (unpaired) electrons. The lowest BCUT2D eigenvalue weighted by molar-refractivity contribution is -0.118. The molecule has 0 saturated heterocycles. The van der Waals surface area contributed by atoms with Crippen molar-refractivity contribution in [2.24, 2.45) is 0 Å². The van der Waals surface area contributed by atoms with Gasteiger partial charge in [-0.2, -0.15) is 0 Å². The highest BCUT2D eigenvalue weighted by molar-refractivity contribution is 7.09. The largest absolute Gasteiger partial charge is 0.482 e. The average molecular weight is 302 g/mol. The summed E-state index contributed by atoms with van der Waals surface area (Å²) in [4.78, 5) is 24.9. The van der Waals surface area contributed by atoms with Crippen molar-refractivity contribution in [2.75, 3.05) is 18.5 Å². The number of hydrogen-bond acceptors (Lipinski definition) is 4. The summed E-state index contributed by atoms with van der Waals surface area (Å²) in [6, 6.07) is 9.17. The first-order valence-electron chi connectivity index (χ1n) is 6.60. The number of benzene rings is 1. The Morgan fingerprint density at radius 2 is 2.24 bits per heavy atom. The van der Waals surface area contributed by atoms with Gasteiger partial charge in [0.15, 0.2) is 6.61 Å². The summed E-state index contributed by atoms with van der Waals surface area (Å²) in [6.07, 6.45) is 0.793. The fourth-order valence-electron chi connectivity index (χ4n) is 2.14. The van der Waals surface area contributed by atoms with Gasteiger partial charge in [0.05, 0.1) is 11.3 Å². The first-order valence-corrected chi connectivity index (χ1v) is 7.48. The Bertz CT molecular complexity index is 668. The zero-order chi connectivity index (χ0) is 14.7. The maximum Gasteiger partial charge on any atom is 0.262 e. The van der Waals surface area contributed by atoms with Gasteiger partial charge in [0.2, 0.25) is 0 Å². The predicted molar refractivity (Wildman–Crippen MR) is 80.9 cm³/mol. The van der Waals surface area contributed by atoms with Gasteiger partial charge in [-0.3, -0.25) is 9.59 Å². The lowest BCUT2D eigenvalue weighted by Crippen LogP contribution is -2.30. The number of thiophene rings is 1. The van der Waals surface area contributed by atoms with Crippen LogP contribution in [-0.4, -0.2) is 25.0 Å². The van der Waals surface area contributed by atoms with E-state index < -0.39 is 0 Å². The van der Waals surface area contributed by atoms with Crippen molar-refractivity contribution < 1.29 is 14.3 Å². The third-order valence-corrected chi connectivity index (χ3v) is 4.07. The molecule has 21 heavy (non-hydrogen) atoms. The highest BCUT2D eigenvalue weighted by atomic mass is 32.1. The SMILES string of the molecule is O=C1COc2cccc(C(=O)NCCc3cccs3)c2N1. The Kier molecular flexibility index (Phi) is 3.87. The Hall–Kier alpha value is -2.34. The molecule has 0 atom stereocenters. The zero-order valence-electron chi connectivity index (χ0n) is 11.2. The van der Waals surface area contributed by atoms with Crippen molar-refractivity contribution in [2.45, 2.75) is 6.42 Å². The number of anilines is 1. The van der Waals surface area contributed by atoms with Crippen molar-refractivity contribution >= 4 is 28.8 Å². The molecule has 5 nitrogen and oxygen atoms in total. The van der Waals surface area contributed by atoms with Gasteiger partial charge in [-0.1, -0.05) is 12.1 Å². The van der Waals surface area contributed by atoms with Crippen LogP contribution in [0, 0.1) is 0 Å². The van der Waals surface area contributed by atoms with Crippen molar-refractivity contribution in [3.63, 3.8) is 0 Å². The number of para-hydroxylation sites is 1. The standard InChI is InChI=1S/C15H14N2O3S/c18-13-9-20-12-5-1-4-11(14(12)17-13)15(19)16-7-6-10-3-2-8-21-10/h1-5,8H,6-7,9H2,(H,16,19)(H,17,18). The van der Waals surface area contributed by atoms with Gasteiger partial charge in [0.1, 0.15) is 5.75 Å². The minimum Gasteiger partial charge on any atom is -0.482 e. The molecule has 1 aliphatic heterocycles. The quantitative estimate of drug-likeness (QED) is 0.908. The summed E-state index contributed by atoms with van der Waals surface area (Å²) in [5.74, 6) is 0.0658. The van der Waals surface area contributed by atoms with E-state index in [1.807, 2.05) is 17.5 Å². The molecule has 1 aromatic carbocycles. The summed E-state index contributed by atoms with van der Waals surface area (Å²) in [5, 5.41) is 7.57. The van der Waals surface area contributed by atoms with E-state index in [1.165, 1.54) is 4.88 Å². The summed E-state index contributed by atoms with van der Waals surface area (Å²) < 4.78 is 5.30. The van der Waals surface area contributed by atoms with Gasteiger partial charge >= 0.3 is 0 Å².